The zero-order valence-electron chi connectivity index (χ0n) is 12.9. The van der Waals surface area contributed by atoms with Crippen molar-refractivity contribution in [1.29, 1.82) is 0 Å². The van der Waals surface area contributed by atoms with E-state index in [1.807, 2.05) is 54.6 Å². The molecule has 1 amide bonds. The molecule has 0 fully saturated rings. The molecule has 1 aromatic heterocycles. The van der Waals surface area contributed by atoms with Crippen LogP contribution in [0.4, 0.5) is 10.5 Å². The smallest absolute Gasteiger partial charge is 0.350 e. The molecular formula is C17H16N4O2. The fraction of sp³-hybridized carbons (Fsp3) is 0.118. The molecule has 0 N–H and O–H groups in total. The molecule has 0 radical (unpaired) electrons. The van der Waals surface area contributed by atoms with Crippen LogP contribution < -0.4 is 9.64 Å². The maximum atomic E-state index is 12.5. The van der Waals surface area contributed by atoms with Crippen LogP contribution in [0.3, 0.4) is 0 Å². The summed E-state index contributed by atoms with van der Waals surface area (Å²) in [6.07, 6.45) is 1.42. The molecule has 2 aromatic carbocycles. The Hall–Kier alpha value is -3.15. The Labute approximate surface area is 134 Å². The van der Waals surface area contributed by atoms with Gasteiger partial charge in [0.2, 0.25) is 0 Å². The van der Waals surface area contributed by atoms with E-state index in [0.29, 0.717) is 5.82 Å². The van der Waals surface area contributed by atoms with Gasteiger partial charge in [-0.2, -0.15) is 4.68 Å². The molecule has 0 aliphatic rings. The van der Waals surface area contributed by atoms with Gasteiger partial charge in [0.25, 0.3) is 0 Å². The van der Waals surface area contributed by atoms with Gasteiger partial charge in [0.1, 0.15) is 12.1 Å². The maximum Gasteiger partial charge on any atom is 0.350 e. The minimum Gasteiger partial charge on any atom is -0.497 e. The van der Waals surface area contributed by atoms with Gasteiger partial charge in [-0.1, -0.05) is 18.2 Å². The summed E-state index contributed by atoms with van der Waals surface area (Å²) in [4.78, 5) is 18.2. The number of anilines is 1. The summed E-state index contributed by atoms with van der Waals surface area (Å²) < 4.78 is 6.35. The van der Waals surface area contributed by atoms with Gasteiger partial charge in [-0.05, 0) is 36.4 Å². The molecule has 6 nitrogen and oxygen atoms in total. The number of benzene rings is 2. The van der Waals surface area contributed by atoms with Crippen molar-refractivity contribution in [2.45, 2.75) is 0 Å². The summed E-state index contributed by atoms with van der Waals surface area (Å²) in [5.41, 5.74) is 1.61. The molecule has 0 atom stereocenters. The molecule has 1 heterocycles. The third-order valence-electron chi connectivity index (χ3n) is 3.47. The Balaban J connectivity index is 1.82. The van der Waals surface area contributed by atoms with Crippen LogP contribution in [0.15, 0.2) is 60.9 Å². The summed E-state index contributed by atoms with van der Waals surface area (Å²) in [6.45, 7) is 0. The first-order chi connectivity index (χ1) is 11.2. The number of amides is 1. The van der Waals surface area contributed by atoms with Crippen LogP contribution in [-0.4, -0.2) is 35.0 Å². The number of methoxy groups -OCH3 is 1. The highest BCUT2D eigenvalue weighted by Gasteiger charge is 2.15. The lowest BCUT2D eigenvalue weighted by atomic mass is 10.2. The van der Waals surface area contributed by atoms with E-state index in [1.54, 1.807) is 14.2 Å². The van der Waals surface area contributed by atoms with Crippen molar-refractivity contribution in [2.24, 2.45) is 0 Å². The van der Waals surface area contributed by atoms with Crippen molar-refractivity contribution in [3.8, 4) is 17.1 Å². The Morgan fingerprint density at radius 3 is 2.43 bits per heavy atom. The highest BCUT2D eigenvalue weighted by molar-refractivity contribution is 5.92. The van der Waals surface area contributed by atoms with Crippen molar-refractivity contribution in [3.05, 3.63) is 60.9 Å². The van der Waals surface area contributed by atoms with Crippen molar-refractivity contribution in [1.82, 2.24) is 14.8 Å². The lowest BCUT2D eigenvalue weighted by molar-refractivity contribution is 0.246. The molecule has 0 saturated heterocycles. The van der Waals surface area contributed by atoms with Crippen LogP contribution >= 0.6 is 0 Å². The first kappa shape index (κ1) is 14.8. The van der Waals surface area contributed by atoms with Crippen molar-refractivity contribution >= 4 is 11.7 Å². The van der Waals surface area contributed by atoms with E-state index in [-0.39, 0.29) is 6.03 Å². The van der Waals surface area contributed by atoms with E-state index in [2.05, 4.69) is 10.1 Å². The number of carbonyl (C=O) groups is 1. The third-order valence-corrected chi connectivity index (χ3v) is 3.47. The number of ether oxygens (including phenoxy) is 1. The maximum absolute atomic E-state index is 12.5. The quantitative estimate of drug-likeness (QED) is 0.746. The lowest BCUT2D eigenvalue weighted by Crippen LogP contribution is -2.31. The third kappa shape index (κ3) is 3.06. The highest BCUT2D eigenvalue weighted by Crippen LogP contribution is 2.19. The molecule has 116 valence electrons. The number of para-hydroxylation sites is 1. The van der Waals surface area contributed by atoms with Crippen LogP contribution in [0.5, 0.6) is 5.75 Å². The first-order valence-corrected chi connectivity index (χ1v) is 7.08. The first-order valence-electron chi connectivity index (χ1n) is 7.08. The van der Waals surface area contributed by atoms with Gasteiger partial charge >= 0.3 is 6.03 Å². The fourth-order valence-electron chi connectivity index (χ4n) is 2.14. The van der Waals surface area contributed by atoms with E-state index in [9.17, 15) is 4.79 Å². The monoisotopic (exact) mass is 308 g/mol. The standard InChI is InChI=1S/C17H16N4O2/c1-20(14-6-4-3-5-7-14)17(22)21-12-18-16(19-21)13-8-10-15(23-2)11-9-13/h3-12H,1-2H3. The Morgan fingerprint density at radius 2 is 1.78 bits per heavy atom. The second kappa shape index (κ2) is 6.31. The van der Waals surface area contributed by atoms with E-state index < -0.39 is 0 Å². The van der Waals surface area contributed by atoms with Crippen molar-refractivity contribution < 1.29 is 9.53 Å². The zero-order chi connectivity index (χ0) is 16.2. The second-order valence-corrected chi connectivity index (χ2v) is 4.92. The van der Waals surface area contributed by atoms with Crippen LogP contribution in [0.2, 0.25) is 0 Å². The van der Waals surface area contributed by atoms with E-state index in [4.69, 9.17) is 4.74 Å². The SMILES string of the molecule is COc1ccc(-c2ncn(C(=O)N(C)c3ccccc3)n2)cc1. The Morgan fingerprint density at radius 1 is 1.09 bits per heavy atom. The number of carbonyl (C=O) groups excluding carboxylic acids is 1. The number of hydrogen-bond acceptors (Lipinski definition) is 4. The predicted molar refractivity (Wildman–Crippen MR) is 87.6 cm³/mol. The van der Waals surface area contributed by atoms with Crippen LogP contribution in [0.25, 0.3) is 11.4 Å². The molecule has 0 aliphatic heterocycles. The summed E-state index contributed by atoms with van der Waals surface area (Å²) in [6, 6.07) is 16.5. The summed E-state index contributed by atoms with van der Waals surface area (Å²) in [5.74, 6) is 1.25. The molecule has 3 rings (SSSR count). The fourth-order valence-corrected chi connectivity index (χ4v) is 2.14. The molecular weight excluding hydrogens is 292 g/mol. The van der Waals surface area contributed by atoms with Gasteiger partial charge < -0.3 is 4.74 Å². The number of rotatable bonds is 3. The predicted octanol–water partition coefficient (Wildman–Crippen LogP) is 3.06. The topological polar surface area (TPSA) is 60.3 Å². The average molecular weight is 308 g/mol. The molecule has 0 bridgehead atoms. The second-order valence-electron chi connectivity index (χ2n) is 4.92. The average Bonchev–Trinajstić information content (AvgIpc) is 3.11. The minimum atomic E-state index is -0.275. The zero-order valence-corrected chi connectivity index (χ0v) is 12.9. The Kier molecular flexibility index (Phi) is 4.05. The molecule has 0 spiro atoms. The van der Waals surface area contributed by atoms with Gasteiger partial charge in [0.15, 0.2) is 5.82 Å². The molecule has 6 heteroatoms. The number of nitrogens with zero attached hydrogens (tertiary/aromatic N) is 4. The molecule has 23 heavy (non-hydrogen) atoms. The molecule has 0 aliphatic carbocycles. The molecule has 0 unspecified atom stereocenters. The normalized spacial score (nSPS) is 10.3. The number of hydrogen-bond donors (Lipinski definition) is 0. The van der Waals surface area contributed by atoms with Crippen LogP contribution in [-0.2, 0) is 0 Å². The molecule has 3 aromatic rings. The number of aromatic nitrogens is 3. The van der Waals surface area contributed by atoms with Gasteiger partial charge in [-0.15, -0.1) is 5.10 Å². The largest absolute Gasteiger partial charge is 0.497 e. The minimum absolute atomic E-state index is 0.275. The lowest BCUT2D eigenvalue weighted by Gasteiger charge is -2.16. The summed E-state index contributed by atoms with van der Waals surface area (Å²) in [5, 5.41) is 4.26. The van der Waals surface area contributed by atoms with E-state index in [0.717, 1.165) is 17.0 Å². The van der Waals surface area contributed by atoms with Crippen LogP contribution in [0.1, 0.15) is 0 Å². The van der Waals surface area contributed by atoms with Gasteiger partial charge in [-0.3, -0.25) is 4.90 Å². The Bertz CT molecular complexity index is 797. The van der Waals surface area contributed by atoms with Crippen molar-refractivity contribution in [2.75, 3.05) is 19.1 Å². The van der Waals surface area contributed by atoms with Gasteiger partial charge in [0, 0.05) is 18.3 Å². The summed E-state index contributed by atoms with van der Waals surface area (Å²) >= 11 is 0. The molecule has 0 saturated carbocycles. The van der Waals surface area contributed by atoms with E-state index in [1.165, 1.54) is 15.9 Å². The van der Waals surface area contributed by atoms with Crippen molar-refractivity contribution in [3.63, 3.8) is 0 Å². The highest BCUT2D eigenvalue weighted by atomic mass is 16.5. The van der Waals surface area contributed by atoms with E-state index >= 15 is 0 Å². The van der Waals surface area contributed by atoms with Gasteiger partial charge in [-0.25, -0.2) is 9.78 Å². The van der Waals surface area contributed by atoms with Crippen LogP contribution in [0, 0.1) is 0 Å². The van der Waals surface area contributed by atoms with Gasteiger partial charge in [0.05, 0.1) is 7.11 Å². The summed E-state index contributed by atoms with van der Waals surface area (Å²) in [7, 11) is 3.31.